The summed E-state index contributed by atoms with van der Waals surface area (Å²) in [7, 11) is -2.85. The third kappa shape index (κ3) is 5.72. The van der Waals surface area contributed by atoms with Crippen molar-refractivity contribution in [1.82, 2.24) is 9.21 Å². The first-order chi connectivity index (χ1) is 15.7. The highest BCUT2D eigenvalue weighted by atomic mass is 32.2. The molecule has 0 radical (unpaired) electrons. The van der Waals surface area contributed by atoms with Gasteiger partial charge in [0.2, 0.25) is 15.9 Å². The van der Waals surface area contributed by atoms with E-state index < -0.39 is 39.4 Å². The highest BCUT2D eigenvalue weighted by Crippen LogP contribution is 2.22. The summed E-state index contributed by atoms with van der Waals surface area (Å²) < 4.78 is 37.2. The molecule has 3 rings (SSSR count). The molecule has 1 heterocycles. The zero-order valence-corrected chi connectivity index (χ0v) is 18.6. The summed E-state index contributed by atoms with van der Waals surface area (Å²) in [5.74, 6) is -1.24. The van der Waals surface area contributed by atoms with Gasteiger partial charge in [-0.2, -0.15) is 4.31 Å². The maximum atomic E-state index is 12.9. The van der Waals surface area contributed by atoms with Crippen LogP contribution in [0.4, 0.5) is 5.69 Å². The number of benzene rings is 2. The van der Waals surface area contributed by atoms with Crippen LogP contribution in [0.15, 0.2) is 59.5 Å². The van der Waals surface area contributed by atoms with Gasteiger partial charge in [0, 0.05) is 25.2 Å². The minimum absolute atomic E-state index is 0.0422. The number of hydrogen-bond donors (Lipinski definition) is 0. The van der Waals surface area contributed by atoms with Crippen molar-refractivity contribution in [3.8, 4) is 0 Å². The van der Waals surface area contributed by atoms with Gasteiger partial charge in [0.05, 0.1) is 36.7 Å². The van der Waals surface area contributed by atoms with Crippen LogP contribution in [0.1, 0.15) is 5.56 Å². The summed E-state index contributed by atoms with van der Waals surface area (Å²) in [6.07, 6.45) is 0. The molecular weight excluding hydrogens is 454 g/mol. The van der Waals surface area contributed by atoms with Crippen LogP contribution < -0.4 is 0 Å². The number of nitro groups is 1. The first-order valence-corrected chi connectivity index (χ1v) is 11.4. The number of amides is 1. The number of sulfonamides is 1. The van der Waals surface area contributed by atoms with E-state index in [4.69, 9.17) is 9.47 Å². The number of ether oxygens (including phenoxy) is 2. The zero-order valence-electron chi connectivity index (χ0n) is 17.8. The first-order valence-electron chi connectivity index (χ1n) is 9.97. The second-order valence-electron chi connectivity index (χ2n) is 7.22. The molecule has 2 aromatic carbocycles. The molecule has 33 heavy (non-hydrogen) atoms. The molecule has 1 fully saturated rings. The highest BCUT2D eigenvalue weighted by molar-refractivity contribution is 7.89. The lowest BCUT2D eigenvalue weighted by molar-refractivity contribution is -0.384. The molecule has 12 heteroatoms. The first kappa shape index (κ1) is 24.3. The van der Waals surface area contributed by atoms with Gasteiger partial charge in [0.25, 0.3) is 5.69 Å². The molecule has 1 saturated heterocycles. The fraction of sp³-hybridized carbons (Fsp3) is 0.333. The predicted molar refractivity (Wildman–Crippen MR) is 115 cm³/mol. The Labute approximate surface area is 190 Å². The largest absolute Gasteiger partial charge is 0.467 e. The van der Waals surface area contributed by atoms with Crippen LogP contribution in [0, 0.1) is 10.1 Å². The number of piperazine rings is 1. The molecule has 1 aliphatic heterocycles. The van der Waals surface area contributed by atoms with Crippen LogP contribution in [-0.2, 0) is 35.7 Å². The second kappa shape index (κ2) is 10.5. The molecule has 0 aromatic heterocycles. The van der Waals surface area contributed by atoms with E-state index in [1.165, 1.54) is 12.0 Å². The Balaban J connectivity index is 1.67. The van der Waals surface area contributed by atoms with E-state index in [1.54, 1.807) is 0 Å². The lowest BCUT2D eigenvalue weighted by Crippen LogP contribution is -2.58. The number of esters is 1. The Bertz CT molecular complexity index is 1110. The van der Waals surface area contributed by atoms with Gasteiger partial charge in [-0.15, -0.1) is 0 Å². The molecule has 1 atom stereocenters. The van der Waals surface area contributed by atoms with Gasteiger partial charge in [-0.25, -0.2) is 13.2 Å². The fourth-order valence-corrected chi connectivity index (χ4v) is 4.75. The number of carbonyl (C=O) groups is 2. The quantitative estimate of drug-likeness (QED) is 0.298. The van der Waals surface area contributed by atoms with Crippen LogP contribution >= 0.6 is 0 Å². The van der Waals surface area contributed by atoms with E-state index in [-0.39, 0.29) is 36.9 Å². The SMILES string of the molecule is COC(=O)[C@H](COCc1ccccc1)N1CCN(S(=O)(=O)c2ccc([N+](=O)[O-])cc2)CC1=O. The molecule has 0 aliphatic carbocycles. The predicted octanol–water partition coefficient (Wildman–Crippen LogP) is 1.19. The molecule has 176 valence electrons. The number of nitrogens with zero attached hydrogens (tertiary/aromatic N) is 3. The summed E-state index contributed by atoms with van der Waals surface area (Å²) in [5.41, 5.74) is 0.651. The topological polar surface area (TPSA) is 136 Å². The minimum Gasteiger partial charge on any atom is -0.467 e. The van der Waals surface area contributed by atoms with Crippen LogP contribution in [0.3, 0.4) is 0 Å². The number of carbonyl (C=O) groups excluding carboxylic acids is 2. The molecule has 0 unspecified atom stereocenters. The van der Waals surface area contributed by atoms with Crippen LogP contribution in [0.25, 0.3) is 0 Å². The summed E-state index contributed by atoms with van der Waals surface area (Å²) in [6, 6.07) is 12.7. The highest BCUT2D eigenvalue weighted by Gasteiger charge is 2.38. The Kier molecular flexibility index (Phi) is 7.74. The van der Waals surface area contributed by atoms with Crippen molar-refractivity contribution >= 4 is 27.6 Å². The van der Waals surface area contributed by atoms with Crippen LogP contribution in [-0.4, -0.2) is 73.8 Å². The molecule has 0 spiro atoms. The number of nitro benzene ring substituents is 1. The van der Waals surface area contributed by atoms with E-state index in [2.05, 4.69) is 0 Å². The van der Waals surface area contributed by atoms with Crippen molar-refractivity contribution in [2.45, 2.75) is 17.5 Å². The molecule has 1 amide bonds. The molecule has 0 saturated carbocycles. The van der Waals surface area contributed by atoms with E-state index in [0.29, 0.717) is 0 Å². The van der Waals surface area contributed by atoms with Crippen molar-refractivity contribution in [3.63, 3.8) is 0 Å². The number of methoxy groups -OCH3 is 1. The number of rotatable bonds is 9. The van der Waals surface area contributed by atoms with Gasteiger partial charge in [-0.3, -0.25) is 14.9 Å². The van der Waals surface area contributed by atoms with Gasteiger partial charge in [-0.05, 0) is 17.7 Å². The maximum Gasteiger partial charge on any atom is 0.331 e. The standard InChI is InChI=1S/C21H23N3O8S/c1-31-21(26)19(15-32-14-16-5-3-2-4-6-16)23-12-11-22(13-20(23)25)33(29,30)18-9-7-17(8-10-18)24(27)28/h2-10,19H,11-15H2,1H3/t19-/m0/s1. The van der Waals surface area contributed by atoms with Gasteiger partial charge >= 0.3 is 5.97 Å². The van der Waals surface area contributed by atoms with Crippen molar-refractivity contribution in [2.75, 3.05) is 33.4 Å². The normalized spacial score (nSPS) is 15.8. The van der Waals surface area contributed by atoms with Gasteiger partial charge < -0.3 is 14.4 Å². The van der Waals surface area contributed by atoms with Gasteiger partial charge in [0.1, 0.15) is 0 Å². The molecule has 0 N–H and O–H groups in total. The Hall–Kier alpha value is -3.35. The Morgan fingerprint density at radius 2 is 1.79 bits per heavy atom. The second-order valence-corrected chi connectivity index (χ2v) is 9.15. The summed E-state index contributed by atoms with van der Waals surface area (Å²) in [5, 5.41) is 10.8. The smallest absolute Gasteiger partial charge is 0.331 e. The number of non-ortho nitro benzene ring substituents is 1. The number of hydrogen-bond acceptors (Lipinski definition) is 8. The average Bonchev–Trinajstić information content (AvgIpc) is 2.82. The fourth-order valence-electron chi connectivity index (χ4n) is 3.37. The van der Waals surface area contributed by atoms with Crippen molar-refractivity contribution in [1.29, 1.82) is 0 Å². The van der Waals surface area contributed by atoms with Crippen molar-refractivity contribution < 1.29 is 32.4 Å². The lowest BCUT2D eigenvalue weighted by Gasteiger charge is -2.37. The maximum absolute atomic E-state index is 12.9. The van der Waals surface area contributed by atoms with Gasteiger partial charge in [-0.1, -0.05) is 30.3 Å². The van der Waals surface area contributed by atoms with Crippen LogP contribution in [0.5, 0.6) is 0 Å². The van der Waals surface area contributed by atoms with Gasteiger partial charge in [0.15, 0.2) is 6.04 Å². The van der Waals surface area contributed by atoms with E-state index in [9.17, 15) is 28.1 Å². The molecule has 11 nitrogen and oxygen atoms in total. The molecule has 0 bridgehead atoms. The molecular formula is C21H23N3O8S. The van der Waals surface area contributed by atoms with E-state index >= 15 is 0 Å². The van der Waals surface area contributed by atoms with Crippen molar-refractivity contribution in [3.05, 3.63) is 70.3 Å². The Morgan fingerprint density at radius 3 is 2.36 bits per heavy atom. The average molecular weight is 477 g/mol. The third-order valence-electron chi connectivity index (χ3n) is 5.14. The van der Waals surface area contributed by atoms with E-state index in [1.807, 2.05) is 30.3 Å². The lowest BCUT2D eigenvalue weighted by atomic mass is 10.2. The van der Waals surface area contributed by atoms with Crippen LogP contribution in [0.2, 0.25) is 0 Å². The summed E-state index contributed by atoms with van der Waals surface area (Å²) in [6.45, 7) is -0.457. The molecule has 1 aliphatic rings. The minimum atomic E-state index is -4.05. The summed E-state index contributed by atoms with van der Waals surface area (Å²) in [4.78, 5) is 36.3. The third-order valence-corrected chi connectivity index (χ3v) is 7.00. The Morgan fingerprint density at radius 1 is 1.12 bits per heavy atom. The monoisotopic (exact) mass is 477 g/mol. The zero-order chi connectivity index (χ0) is 24.0. The van der Waals surface area contributed by atoms with Crippen molar-refractivity contribution in [2.24, 2.45) is 0 Å². The van der Waals surface area contributed by atoms with E-state index in [0.717, 1.165) is 34.1 Å². The summed E-state index contributed by atoms with van der Waals surface area (Å²) >= 11 is 0. The molecule has 2 aromatic rings.